The molecule has 0 radical (unpaired) electrons. The van der Waals surface area contributed by atoms with Crippen molar-refractivity contribution in [2.75, 3.05) is 0 Å². The van der Waals surface area contributed by atoms with E-state index in [2.05, 4.69) is 30.2 Å². The van der Waals surface area contributed by atoms with Crippen LogP contribution in [0.5, 0.6) is 0 Å². The van der Waals surface area contributed by atoms with Crippen LogP contribution in [-0.4, -0.2) is 0 Å². The fraction of sp³-hybridized carbons (Fsp3) is 0.333. The Morgan fingerprint density at radius 1 is 1.08 bits per heavy atom. The van der Waals surface area contributed by atoms with E-state index in [1.807, 2.05) is 6.07 Å². The van der Waals surface area contributed by atoms with Gasteiger partial charge < -0.3 is 0 Å². The fourth-order valence-electron chi connectivity index (χ4n) is 1.20. The molecule has 1 aromatic carbocycles. The molecule has 0 aromatic heterocycles. The molecule has 1 aromatic rings. The number of rotatable bonds is 4. The van der Waals surface area contributed by atoms with E-state index in [-0.39, 0.29) is 0 Å². The zero-order valence-electron chi connectivity index (χ0n) is 7.29. The Bertz CT molecular complexity index is 240. The molecule has 0 bridgehead atoms. The highest BCUT2D eigenvalue weighted by Gasteiger charge is 1.90. The zero-order chi connectivity index (χ0) is 8.65. The average molecular weight is 158 g/mol. The summed E-state index contributed by atoms with van der Waals surface area (Å²) in [5, 5.41) is 0. The van der Waals surface area contributed by atoms with Crippen LogP contribution in [0.25, 0.3) is 0 Å². The summed E-state index contributed by atoms with van der Waals surface area (Å²) in [5.41, 5.74) is 1.41. The van der Waals surface area contributed by atoms with Crippen LogP contribution in [0.1, 0.15) is 24.8 Å². The second-order valence-electron chi connectivity index (χ2n) is 2.90. The summed E-state index contributed by atoms with van der Waals surface area (Å²) in [7, 11) is 0. The zero-order valence-corrected chi connectivity index (χ0v) is 7.29. The SMILES string of the molecule is C#CCCCCc1ccccc1. The first-order valence-corrected chi connectivity index (χ1v) is 4.41. The number of terminal acetylenes is 1. The van der Waals surface area contributed by atoms with E-state index in [1.54, 1.807) is 0 Å². The second-order valence-corrected chi connectivity index (χ2v) is 2.90. The first-order valence-electron chi connectivity index (χ1n) is 4.41. The average Bonchev–Trinajstić information content (AvgIpc) is 2.14. The molecule has 1 rings (SSSR count). The van der Waals surface area contributed by atoms with E-state index in [9.17, 15) is 0 Å². The molecule has 0 atom stereocenters. The highest BCUT2D eigenvalue weighted by molar-refractivity contribution is 5.14. The fourth-order valence-corrected chi connectivity index (χ4v) is 1.20. The lowest BCUT2D eigenvalue weighted by molar-refractivity contribution is 0.757. The van der Waals surface area contributed by atoms with Gasteiger partial charge in [0.25, 0.3) is 0 Å². The third-order valence-corrected chi connectivity index (χ3v) is 1.88. The van der Waals surface area contributed by atoms with Crippen molar-refractivity contribution in [3.63, 3.8) is 0 Å². The van der Waals surface area contributed by atoms with Gasteiger partial charge in [0.2, 0.25) is 0 Å². The third kappa shape index (κ3) is 3.25. The Hall–Kier alpha value is -1.22. The Kier molecular flexibility index (Phi) is 4.02. The van der Waals surface area contributed by atoms with E-state index in [1.165, 1.54) is 12.0 Å². The van der Waals surface area contributed by atoms with Crippen LogP contribution in [0.4, 0.5) is 0 Å². The van der Waals surface area contributed by atoms with Crippen LogP contribution >= 0.6 is 0 Å². The summed E-state index contributed by atoms with van der Waals surface area (Å²) in [5.74, 6) is 2.65. The molecule has 0 aliphatic rings. The van der Waals surface area contributed by atoms with Crippen molar-refractivity contribution in [2.24, 2.45) is 0 Å². The minimum Gasteiger partial charge on any atom is -0.120 e. The molecule has 0 spiro atoms. The second kappa shape index (κ2) is 5.43. The Morgan fingerprint density at radius 2 is 1.83 bits per heavy atom. The predicted molar refractivity (Wildman–Crippen MR) is 52.8 cm³/mol. The van der Waals surface area contributed by atoms with E-state index < -0.39 is 0 Å². The molecule has 0 heteroatoms. The molecule has 0 saturated heterocycles. The molecular formula is C12H14. The van der Waals surface area contributed by atoms with Crippen molar-refractivity contribution in [1.82, 2.24) is 0 Å². The van der Waals surface area contributed by atoms with Gasteiger partial charge in [-0.25, -0.2) is 0 Å². The van der Waals surface area contributed by atoms with Crippen molar-refractivity contribution in [3.8, 4) is 12.3 Å². The summed E-state index contributed by atoms with van der Waals surface area (Å²) >= 11 is 0. The minimum atomic E-state index is 0.910. The lowest BCUT2D eigenvalue weighted by Gasteiger charge is -1.98. The molecule has 0 aliphatic heterocycles. The number of hydrogen-bond acceptors (Lipinski definition) is 0. The van der Waals surface area contributed by atoms with Crippen molar-refractivity contribution in [2.45, 2.75) is 25.7 Å². The smallest absolute Gasteiger partial charge is 0.00861 e. The van der Waals surface area contributed by atoms with Gasteiger partial charge in [0.05, 0.1) is 0 Å². The molecular weight excluding hydrogens is 144 g/mol. The first kappa shape index (κ1) is 8.87. The van der Waals surface area contributed by atoms with Crippen LogP contribution in [0.2, 0.25) is 0 Å². The van der Waals surface area contributed by atoms with Crippen LogP contribution < -0.4 is 0 Å². The lowest BCUT2D eigenvalue weighted by Crippen LogP contribution is -1.83. The summed E-state index contributed by atoms with van der Waals surface area (Å²) in [4.78, 5) is 0. The topological polar surface area (TPSA) is 0 Å². The van der Waals surface area contributed by atoms with Crippen LogP contribution in [0, 0.1) is 12.3 Å². The summed E-state index contributed by atoms with van der Waals surface area (Å²) < 4.78 is 0. The first-order chi connectivity index (χ1) is 5.93. The van der Waals surface area contributed by atoms with Gasteiger partial charge in [0.1, 0.15) is 0 Å². The molecule has 0 unspecified atom stereocenters. The standard InChI is InChI=1S/C12H14/c1-2-3-4-6-9-12-10-7-5-8-11-12/h1,5,7-8,10-11H,3-4,6,9H2. The molecule has 0 heterocycles. The van der Waals surface area contributed by atoms with E-state index in [0.717, 1.165) is 19.3 Å². The van der Waals surface area contributed by atoms with Crippen molar-refractivity contribution >= 4 is 0 Å². The summed E-state index contributed by atoms with van der Waals surface area (Å²) in [6.07, 6.45) is 9.57. The number of unbranched alkanes of at least 4 members (excludes halogenated alkanes) is 2. The minimum absolute atomic E-state index is 0.910. The maximum atomic E-state index is 5.16. The molecule has 0 amide bonds. The monoisotopic (exact) mass is 158 g/mol. The maximum Gasteiger partial charge on any atom is 0.00861 e. The highest BCUT2D eigenvalue weighted by Crippen LogP contribution is 2.05. The molecule has 62 valence electrons. The van der Waals surface area contributed by atoms with Gasteiger partial charge in [-0.2, -0.15) is 0 Å². The van der Waals surface area contributed by atoms with Crippen molar-refractivity contribution < 1.29 is 0 Å². The maximum absolute atomic E-state index is 5.16. The molecule has 0 fully saturated rings. The normalized spacial score (nSPS) is 9.25. The molecule has 12 heavy (non-hydrogen) atoms. The predicted octanol–water partition coefficient (Wildman–Crippen LogP) is 3.03. The number of benzene rings is 1. The quantitative estimate of drug-likeness (QED) is 0.466. The van der Waals surface area contributed by atoms with Gasteiger partial charge in [-0.3, -0.25) is 0 Å². The van der Waals surface area contributed by atoms with E-state index in [4.69, 9.17) is 6.42 Å². The summed E-state index contributed by atoms with van der Waals surface area (Å²) in [6, 6.07) is 10.5. The Balaban J connectivity index is 2.21. The van der Waals surface area contributed by atoms with Gasteiger partial charge in [-0.05, 0) is 24.8 Å². The molecule has 0 N–H and O–H groups in total. The van der Waals surface area contributed by atoms with Crippen molar-refractivity contribution in [1.29, 1.82) is 0 Å². The molecule has 0 aliphatic carbocycles. The van der Waals surface area contributed by atoms with Gasteiger partial charge in [-0.1, -0.05) is 30.3 Å². The van der Waals surface area contributed by atoms with E-state index in [0.29, 0.717) is 0 Å². The number of aryl methyl sites for hydroxylation is 1. The number of hydrogen-bond donors (Lipinski definition) is 0. The van der Waals surface area contributed by atoms with Gasteiger partial charge >= 0.3 is 0 Å². The highest BCUT2D eigenvalue weighted by atomic mass is 14.0. The van der Waals surface area contributed by atoms with Gasteiger partial charge in [0.15, 0.2) is 0 Å². The lowest BCUT2D eigenvalue weighted by atomic mass is 10.1. The molecule has 0 nitrogen and oxygen atoms in total. The van der Waals surface area contributed by atoms with Gasteiger partial charge in [0, 0.05) is 6.42 Å². The van der Waals surface area contributed by atoms with Crippen LogP contribution in [0.3, 0.4) is 0 Å². The van der Waals surface area contributed by atoms with Crippen molar-refractivity contribution in [3.05, 3.63) is 35.9 Å². The van der Waals surface area contributed by atoms with Crippen LogP contribution in [0.15, 0.2) is 30.3 Å². The summed E-state index contributed by atoms with van der Waals surface area (Å²) in [6.45, 7) is 0. The third-order valence-electron chi connectivity index (χ3n) is 1.88. The Labute approximate surface area is 74.6 Å². The molecule has 0 saturated carbocycles. The Morgan fingerprint density at radius 3 is 2.50 bits per heavy atom. The van der Waals surface area contributed by atoms with Gasteiger partial charge in [-0.15, -0.1) is 12.3 Å². The van der Waals surface area contributed by atoms with Crippen LogP contribution in [-0.2, 0) is 6.42 Å². The largest absolute Gasteiger partial charge is 0.120 e. The van der Waals surface area contributed by atoms with E-state index >= 15 is 0 Å².